The van der Waals surface area contributed by atoms with Crippen molar-refractivity contribution in [1.29, 1.82) is 0 Å². The van der Waals surface area contributed by atoms with Gasteiger partial charge in [-0.3, -0.25) is 0 Å². The topological polar surface area (TPSA) is 53.9 Å². The van der Waals surface area contributed by atoms with Crippen LogP contribution in [-0.2, 0) is 9.26 Å². The molecule has 0 amide bonds. The van der Waals surface area contributed by atoms with Crippen molar-refractivity contribution < 1.29 is 14.4 Å². The van der Waals surface area contributed by atoms with Gasteiger partial charge in [0.1, 0.15) is 0 Å². The number of methoxy groups -OCH3 is 1. The molecule has 1 heterocycles. The Labute approximate surface area is 184 Å². The van der Waals surface area contributed by atoms with Crippen LogP contribution in [0.5, 0.6) is 0 Å². The zero-order valence-corrected chi connectivity index (χ0v) is 19.3. The molecule has 0 bridgehead atoms. The average molecular weight is 434 g/mol. The Hall–Kier alpha value is -2.68. The van der Waals surface area contributed by atoms with Gasteiger partial charge in [0.15, 0.2) is 0 Å². The molecule has 0 saturated carbocycles. The van der Waals surface area contributed by atoms with Crippen molar-refractivity contribution in [3.63, 3.8) is 0 Å². The van der Waals surface area contributed by atoms with Crippen molar-refractivity contribution in [2.24, 2.45) is 10.2 Å². The Bertz CT molecular complexity index is 1020. The molecule has 2 unspecified atom stereocenters. The molecule has 0 spiro atoms. The van der Waals surface area contributed by atoms with Crippen LogP contribution in [0.4, 0.5) is 0 Å². The first-order valence-electron chi connectivity index (χ1n) is 10.5. The Kier molecular flexibility index (Phi) is 5.41. The summed E-state index contributed by atoms with van der Waals surface area (Å²) in [6, 6.07) is 30.3. The molecule has 3 aromatic carbocycles. The fraction of sp³-hybridized carbons (Fsp3) is 0.269. The molecule has 3 aromatic rings. The normalized spacial score (nSPS) is 23.7. The van der Waals surface area contributed by atoms with Gasteiger partial charge in [-0.05, 0) is 0 Å². The molecular weight excluding hydrogens is 405 g/mol. The van der Waals surface area contributed by atoms with Crippen LogP contribution in [0.1, 0.15) is 32.0 Å². The molecule has 1 saturated heterocycles. The van der Waals surface area contributed by atoms with Gasteiger partial charge in [0, 0.05) is 0 Å². The van der Waals surface area contributed by atoms with Crippen LogP contribution >= 0.6 is 6.98 Å². The summed E-state index contributed by atoms with van der Waals surface area (Å²) >= 11 is 0. The Morgan fingerprint density at radius 3 is 1.71 bits per heavy atom. The molecule has 0 radical (unpaired) electrons. The number of hydrogen-bond donors (Lipinski definition) is 0. The quantitative estimate of drug-likeness (QED) is 0.343. The van der Waals surface area contributed by atoms with Crippen LogP contribution in [0.15, 0.2) is 95.8 Å². The third-order valence-corrected chi connectivity index (χ3v) is 11.5. The van der Waals surface area contributed by atoms with E-state index in [2.05, 4.69) is 32.9 Å². The third-order valence-electron chi connectivity index (χ3n) is 6.09. The fourth-order valence-corrected chi connectivity index (χ4v) is 10.8. The summed E-state index contributed by atoms with van der Waals surface area (Å²) in [4.78, 5) is 0. The van der Waals surface area contributed by atoms with Gasteiger partial charge in [0.2, 0.25) is 0 Å². The summed E-state index contributed by atoms with van der Waals surface area (Å²) in [5.74, 6) is 0. The molecule has 31 heavy (non-hydrogen) atoms. The second kappa shape index (κ2) is 7.78. The Morgan fingerprint density at radius 1 is 0.839 bits per heavy atom. The molecule has 162 valence electrons. The van der Waals surface area contributed by atoms with Crippen LogP contribution in [-0.4, -0.2) is 19.3 Å². The van der Waals surface area contributed by atoms with Crippen molar-refractivity contribution in [2.75, 3.05) is 7.11 Å². The minimum atomic E-state index is -3.84. The molecular formula is C26H29NO3P-. The predicted octanol–water partition coefficient (Wildman–Crippen LogP) is 4.57. The maximum atomic E-state index is 12.9. The summed E-state index contributed by atoms with van der Waals surface area (Å²) in [5.41, 5.74) is 0.847. The summed E-state index contributed by atoms with van der Waals surface area (Å²) in [6.45, 7) is 2.68. The van der Waals surface area contributed by atoms with Crippen LogP contribution < -0.4 is 15.7 Å². The average Bonchev–Trinajstić information content (AvgIpc) is 2.77. The van der Waals surface area contributed by atoms with Crippen molar-refractivity contribution in [3.05, 3.63) is 96.6 Å². The van der Waals surface area contributed by atoms with Gasteiger partial charge in [-0.15, -0.1) is 0 Å². The van der Waals surface area contributed by atoms with E-state index in [1.54, 1.807) is 0 Å². The van der Waals surface area contributed by atoms with Crippen molar-refractivity contribution in [2.45, 2.75) is 32.5 Å². The molecule has 0 aliphatic carbocycles. The zero-order chi connectivity index (χ0) is 22.1. The summed E-state index contributed by atoms with van der Waals surface area (Å²) in [5, 5.41) is 14.7. The van der Waals surface area contributed by atoms with E-state index in [1.807, 2.05) is 78.9 Å². The third kappa shape index (κ3) is 3.26. The number of ether oxygens (including phenoxy) is 1. The first kappa shape index (κ1) is 21.5. The van der Waals surface area contributed by atoms with Gasteiger partial charge in [-0.25, -0.2) is 0 Å². The van der Waals surface area contributed by atoms with E-state index in [1.165, 1.54) is 7.11 Å². The Balaban J connectivity index is 2.15. The van der Waals surface area contributed by atoms with Gasteiger partial charge in [-0.1, -0.05) is 0 Å². The first-order valence-corrected chi connectivity index (χ1v) is 12.7. The second-order valence-electron chi connectivity index (χ2n) is 9.04. The number of nitrogens with zero attached hydrogens (tertiary/aromatic N) is 1. The molecule has 2 atom stereocenters. The fourth-order valence-electron chi connectivity index (χ4n) is 4.70. The van der Waals surface area contributed by atoms with Gasteiger partial charge in [0.05, 0.1) is 0 Å². The molecule has 1 fully saturated rings. The zero-order valence-electron chi connectivity index (χ0n) is 18.4. The summed E-state index contributed by atoms with van der Waals surface area (Å²) < 4.78 is 17.0. The molecule has 1 aliphatic heterocycles. The van der Waals surface area contributed by atoms with E-state index in [0.29, 0.717) is 0 Å². The minimum absolute atomic E-state index is 0.115. The number of rotatable bonds is 4. The van der Waals surface area contributed by atoms with Gasteiger partial charge < -0.3 is 0 Å². The second-order valence-corrected chi connectivity index (χ2v) is 13.2. The summed E-state index contributed by atoms with van der Waals surface area (Å²) in [7, 11) is 1.37. The molecule has 1 aliphatic rings. The van der Waals surface area contributed by atoms with Crippen molar-refractivity contribution in [3.8, 4) is 0 Å². The van der Waals surface area contributed by atoms with E-state index in [-0.39, 0.29) is 17.2 Å². The monoisotopic (exact) mass is 434 g/mol. The van der Waals surface area contributed by atoms with Crippen LogP contribution in [0.3, 0.4) is 0 Å². The first-order chi connectivity index (χ1) is 14.8. The molecule has 4 rings (SSSR count). The van der Waals surface area contributed by atoms with E-state index < -0.39 is 13.1 Å². The molecule has 0 N–H and O–H groups in total. The van der Waals surface area contributed by atoms with E-state index in [0.717, 1.165) is 16.2 Å². The predicted molar refractivity (Wildman–Crippen MR) is 127 cm³/mol. The maximum absolute atomic E-state index is 12.9. The van der Waals surface area contributed by atoms with Gasteiger partial charge in [0.25, 0.3) is 0 Å². The Morgan fingerprint density at radius 2 is 1.29 bits per heavy atom. The summed E-state index contributed by atoms with van der Waals surface area (Å²) in [6.07, 6.45) is -0.736. The van der Waals surface area contributed by atoms with Crippen molar-refractivity contribution in [1.82, 2.24) is 0 Å². The number of benzene rings is 3. The van der Waals surface area contributed by atoms with Crippen LogP contribution in [0.2, 0.25) is 0 Å². The standard InChI is InChI=1S/C26H30NO3P/c1-26(2,3)24-23(20-14-8-5-9-15-20)31(30-24,27-25(28)29-4,21-16-10-6-11-17-21)22-18-12-7-13-19-22/h5-19,23-24H,1-4H3,(H,27,28)/p-1. The van der Waals surface area contributed by atoms with Gasteiger partial charge in [-0.2, -0.15) is 0 Å². The van der Waals surface area contributed by atoms with E-state index in [9.17, 15) is 5.11 Å². The van der Waals surface area contributed by atoms with Gasteiger partial charge >= 0.3 is 184 Å². The molecule has 4 nitrogen and oxygen atoms in total. The van der Waals surface area contributed by atoms with E-state index >= 15 is 0 Å². The van der Waals surface area contributed by atoms with E-state index in [4.69, 9.17) is 14.0 Å². The van der Waals surface area contributed by atoms with Crippen LogP contribution in [0.25, 0.3) is 0 Å². The van der Waals surface area contributed by atoms with Crippen LogP contribution in [0, 0.1) is 5.41 Å². The SMILES string of the molecule is COC([O-])=NP1(c2ccccc2)(c2ccccc2)OC(C(C)(C)C)C1c1ccccc1. The number of hydrogen-bond acceptors (Lipinski definition) is 4. The molecule has 0 aromatic heterocycles. The molecule has 5 heteroatoms. The van der Waals surface area contributed by atoms with Crippen molar-refractivity contribution >= 4 is 23.7 Å².